The van der Waals surface area contributed by atoms with E-state index in [2.05, 4.69) is 4.74 Å². The number of hydrogen-bond acceptors (Lipinski definition) is 3. The van der Waals surface area contributed by atoms with Crippen LogP contribution in [-0.2, 0) is 14.3 Å². The zero-order chi connectivity index (χ0) is 11.4. The first kappa shape index (κ1) is 11.8. The van der Waals surface area contributed by atoms with Crippen molar-refractivity contribution in [2.45, 2.75) is 25.9 Å². The largest absolute Gasteiger partial charge is 0.478 e. The molecule has 0 heterocycles. The number of carbonyl (C=O) groups excluding carboxylic acids is 1. The summed E-state index contributed by atoms with van der Waals surface area (Å²) in [5.41, 5.74) is 0.425. The van der Waals surface area contributed by atoms with Crippen LogP contribution >= 0.6 is 11.6 Å². The van der Waals surface area contributed by atoms with Gasteiger partial charge in [-0.1, -0.05) is 17.7 Å². The molecule has 0 aliphatic heterocycles. The molecule has 1 unspecified atom stereocenters. The molecule has 1 N–H and O–H groups in total. The van der Waals surface area contributed by atoms with Crippen molar-refractivity contribution in [1.82, 2.24) is 0 Å². The van der Waals surface area contributed by atoms with Gasteiger partial charge in [0.1, 0.15) is 0 Å². The number of aliphatic carboxylic acids is 1. The van der Waals surface area contributed by atoms with Gasteiger partial charge in [-0.05, 0) is 18.9 Å². The molecule has 0 amide bonds. The zero-order valence-corrected chi connectivity index (χ0v) is 8.95. The van der Waals surface area contributed by atoms with Crippen molar-refractivity contribution in [3.05, 3.63) is 22.8 Å². The van der Waals surface area contributed by atoms with Crippen LogP contribution in [0.3, 0.4) is 0 Å². The van der Waals surface area contributed by atoms with Gasteiger partial charge in [0.2, 0.25) is 6.10 Å². The summed E-state index contributed by atoms with van der Waals surface area (Å²) in [6.45, 7) is 1.17. The second-order valence-corrected chi connectivity index (χ2v) is 3.65. The maximum atomic E-state index is 10.9. The van der Waals surface area contributed by atoms with Crippen molar-refractivity contribution in [2.24, 2.45) is 0 Å². The van der Waals surface area contributed by atoms with Gasteiger partial charge >= 0.3 is 11.9 Å². The first-order chi connectivity index (χ1) is 7.00. The molecule has 0 radical (unpaired) electrons. The molecule has 0 saturated carbocycles. The standard InChI is InChI=1S/C10H11ClO4/c1-6(12)15-9(10(13)14)7-3-2-4-8(11)5-7/h3,5,9H,2,4H2,1H3,(H,13,14). The minimum atomic E-state index is -1.25. The summed E-state index contributed by atoms with van der Waals surface area (Å²) in [4.78, 5) is 21.6. The van der Waals surface area contributed by atoms with E-state index in [9.17, 15) is 9.59 Å². The van der Waals surface area contributed by atoms with Crippen molar-refractivity contribution in [2.75, 3.05) is 0 Å². The summed E-state index contributed by atoms with van der Waals surface area (Å²) in [6, 6.07) is 0. The van der Waals surface area contributed by atoms with Crippen molar-refractivity contribution >= 4 is 23.5 Å². The fourth-order valence-corrected chi connectivity index (χ4v) is 1.53. The van der Waals surface area contributed by atoms with Crippen LogP contribution in [0.2, 0.25) is 0 Å². The highest BCUT2D eigenvalue weighted by atomic mass is 35.5. The maximum Gasteiger partial charge on any atom is 0.349 e. The molecule has 1 aliphatic rings. The van der Waals surface area contributed by atoms with Gasteiger partial charge < -0.3 is 9.84 Å². The molecule has 4 nitrogen and oxygen atoms in total. The van der Waals surface area contributed by atoms with E-state index in [1.54, 1.807) is 6.08 Å². The number of carboxylic acids is 1. The van der Waals surface area contributed by atoms with Crippen LogP contribution in [-0.4, -0.2) is 23.1 Å². The number of carbonyl (C=O) groups is 2. The molecular formula is C10H11ClO4. The Hall–Kier alpha value is -1.29. The Morgan fingerprint density at radius 3 is 2.73 bits per heavy atom. The molecule has 1 atom stereocenters. The Labute approximate surface area is 92.2 Å². The molecule has 1 rings (SSSR count). The average molecular weight is 231 g/mol. The summed E-state index contributed by atoms with van der Waals surface area (Å²) in [6.07, 6.45) is 3.35. The second-order valence-electron chi connectivity index (χ2n) is 3.16. The quantitative estimate of drug-likeness (QED) is 0.752. The lowest BCUT2D eigenvalue weighted by molar-refractivity contribution is -0.159. The topological polar surface area (TPSA) is 63.6 Å². The molecule has 0 aromatic carbocycles. The lowest BCUT2D eigenvalue weighted by Gasteiger charge is -2.16. The minimum absolute atomic E-state index is 0.425. The third-order valence-electron chi connectivity index (χ3n) is 1.90. The zero-order valence-electron chi connectivity index (χ0n) is 8.20. The number of allylic oxidation sites excluding steroid dienone is 2. The third-order valence-corrected chi connectivity index (χ3v) is 2.20. The van der Waals surface area contributed by atoms with E-state index < -0.39 is 18.0 Å². The number of hydrogen-bond donors (Lipinski definition) is 1. The maximum absolute atomic E-state index is 10.9. The van der Waals surface area contributed by atoms with Crippen LogP contribution in [0.1, 0.15) is 19.8 Å². The summed E-state index contributed by atoms with van der Waals surface area (Å²) < 4.78 is 4.69. The van der Waals surface area contributed by atoms with Gasteiger partial charge in [-0.2, -0.15) is 0 Å². The predicted octanol–water partition coefficient (Wildman–Crippen LogP) is 1.85. The summed E-state index contributed by atoms with van der Waals surface area (Å²) in [5, 5.41) is 9.45. The highest BCUT2D eigenvalue weighted by molar-refractivity contribution is 6.29. The van der Waals surface area contributed by atoms with E-state index in [0.29, 0.717) is 23.4 Å². The van der Waals surface area contributed by atoms with Crippen molar-refractivity contribution in [3.8, 4) is 0 Å². The van der Waals surface area contributed by atoms with Gasteiger partial charge in [-0.3, -0.25) is 4.79 Å². The van der Waals surface area contributed by atoms with Crippen LogP contribution < -0.4 is 0 Å². The highest BCUT2D eigenvalue weighted by Crippen LogP contribution is 2.23. The Kier molecular flexibility index (Phi) is 3.91. The molecule has 0 aromatic heterocycles. The molecule has 0 spiro atoms. The van der Waals surface area contributed by atoms with Crippen molar-refractivity contribution in [1.29, 1.82) is 0 Å². The van der Waals surface area contributed by atoms with Crippen LogP contribution in [0.15, 0.2) is 22.8 Å². The van der Waals surface area contributed by atoms with E-state index in [4.69, 9.17) is 16.7 Å². The van der Waals surface area contributed by atoms with E-state index in [0.717, 1.165) is 0 Å². The van der Waals surface area contributed by atoms with Crippen LogP contribution in [0.25, 0.3) is 0 Å². The molecule has 5 heteroatoms. The Morgan fingerprint density at radius 1 is 1.60 bits per heavy atom. The minimum Gasteiger partial charge on any atom is -0.478 e. The number of rotatable bonds is 3. The lowest BCUT2D eigenvalue weighted by atomic mass is 10.0. The summed E-state index contributed by atoms with van der Waals surface area (Å²) >= 11 is 5.78. The Balaban J connectivity index is 2.85. The van der Waals surface area contributed by atoms with Gasteiger partial charge in [0.15, 0.2) is 0 Å². The van der Waals surface area contributed by atoms with Crippen molar-refractivity contribution < 1.29 is 19.4 Å². The van der Waals surface area contributed by atoms with Gasteiger partial charge in [0.05, 0.1) is 0 Å². The molecule has 0 bridgehead atoms. The van der Waals surface area contributed by atoms with E-state index in [-0.39, 0.29) is 0 Å². The average Bonchev–Trinajstić information content (AvgIpc) is 2.13. The predicted molar refractivity (Wildman–Crippen MR) is 54.4 cm³/mol. The first-order valence-corrected chi connectivity index (χ1v) is 4.84. The number of ether oxygens (including phenoxy) is 1. The molecule has 0 fully saturated rings. The fourth-order valence-electron chi connectivity index (χ4n) is 1.30. The van der Waals surface area contributed by atoms with E-state index in [1.165, 1.54) is 13.0 Å². The monoisotopic (exact) mass is 230 g/mol. The summed E-state index contributed by atoms with van der Waals surface area (Å²) in [5.74, 6) is -1.82. The Bertz CT molecular complexity index is 343. The van der Waals surface area contributed by atoms with Gasteiger partial charge in [-0.25, -0.2) is 4.79 Å². The van der Waals surface area contributed by atoms with Gasteiger partial charge in [0, 0.05) is 17.5 Å². The van der Waals surface area contributed by atoms with Crippen LogP contribution in [0, 0.1) is 0 Å². The van der Waals surface area contributed by atoms with Gasteiger partial charge in [0.25, 0.3) is 0 Å². The highest BCUT2D eigenvalue weighted by Gasteiger charge is 2.25. The molecule has 82 valence electrons. The molecular weight excluding hydrogens is 220 g/mol. The molecule has 0 saturated heterocycles. The summed E-state index contributed by atoms with van der Waals surface area (Å²) in [7, 11) is 0. The van der Waals surface area contributed by atoms with E-state index in [1.807, 2.05) is 0 Å². The molecule has 15 heavy (non-hydrogen) atoms. The SMILES string of the molecule is CC(=O)OC(C(=O)O)C1=CCCC(Cl)=C1. The van der Waals surface area contributed by atoms with Gasteiger partial charge in [-0.15, -0.1) is 0 Å². The third kappa shape index (κ3) is 3.40. The first-order valence-electron chi connectivity index (χ1n) is 4.47. The second kappa shape index (κ2) is 4.98. The fraction of sp³-hybridized carbons (Fsp3) is 0.400. The van der Waals surface area contributed by atoms with Crippen LogP contribution in [0.4, 0.5) is 0 Å². The van der Waals surface area contributed by atoms with Crippen molar-refractivity contribution in [3.63, 3.8) is 0 Å². The number of halogens is 1. The molecule has 0 aromatic rings. The number of esters is 1. The molecule has 1 aliphatic carbocycles. The number of carboxylic acid groups (broad SMARTS) is 1. The smallest absolute Gasteiger partial charge is 0.349 e. The van der Waals surface area contributed by atoms with E-state index >= 15 is 0 Å². The normalized spacial score (nSPS) is 17.5. The van der Waals surface area contributed by atoms with Crippen LogP contribution in [0.5, 0.6) is 0 Å². The lowest BCUT2D eigenvalue weighted by Crippen LogP contribution is -2.28. The Morgan fingerprint density at radius 2 is 2.27 bits per heavy atom.